The Kier molecular flexibility index (Phi) is 6.42. The van der Waals surface area contributed by atoms with Crippen LogP contribution in [-0.2, 0) is 9.53 Å². The molecule has 1 aromatic rings. The number of carbonyl (C=O) groups is 1. The summed E-state index contributed by atoms with van der Waals surface area (Å²) in [6.07, 6.45) is 0.109. The standard InChI is InChI=1S/C11H13NO4.CH4O/c1-3-11(16-8(2)13)9-4-6-10(7-5-9)12(14)15;1-2/h4-7,11H,3H2,1-2H3;2H,1H3/i2D;. The maximum absolute atomic E-state index is 11.0. The van der Waals surface area contributed by atoms with E-state index in [1.165, 1.54) is 12.1 Å². The number of nitro groups is 1. The molecule has 0 radical (unpaired) electrons. The van der Waals surface area contributed by atoms with Gasteiger partial charge in [0.05, 0.1) is 4.92 Å². The first-order valence-corrected chi connectivity index (χ1v) is 5.26. The molecule has 0 aliphatic carbocycles. The summed E-state index contributed by atoms with van der Waals surface area (Å²) in [6, 6.07) is 5.85. The van der Waals surface area contributed by atoms with E-state index in [1.54, 1.807) is 12.1 Å². The van der Waals surface area contributed by atoms with Gasteiger partial charge in [0.2, 0.25) is 0 Å². The maximum Gasteiger partial charge on any atom is 0.303 e. The topological polar surface area (TPSA) is 89.7 Å². The van der Waals surface area contributed by atoms with Crippen LogP contribution in [0.4, 0.5) is 5.69 Å². The van der Waals surface area contributed by atoms with Gasteiger partial charge >= 0.3 is 5.97 Å². The van der Waals surface area contributed by atoms with Crippen molar-refractivity contribution >= 4 is 11.7 Å². The largest absolute Gasteiger partial charge is 0.458 e. The third kappa shape index (κ3) is 4.92. The number of aliphatic hydroxyl groups is 1. The molecule has 0 aromatic heterocycles. The Morgan fingerprint density at radius 2 is 2.06 bits per heavy atom. The lowest BCUT2D eigenvalue weighted by molar-refractivity contribution is -0.384. The lowest BCUT2D eigenvalue weighted by atomic mass is 10.1. The van der Waals surface area contributed by atoms with Gasteiger partial charge in [0.1, 0.15) is 6.10 Å². The highest BCUT2D eigenvalue weighted by atomic mass is 16.6. The van der Waals surface area contributed by atoms with Crippen molar-refractivity contribution in [2.24, 2.45) is 0 Å². The lowest BCUT2D eigenvalue weighted by Gasteiger charge is -2.14. The van der Waals surface area contributed by atoms with Crippen LogP contribution in [-0.4, -0.2) is 23.1 Å². The second kappa shape index (κ2) is 8.19. The van der Waals surface area contributed by atoms with Crippen molar-refractivity contribution in [2.75, 3.05) is 7.11 Å². The van der Waals surface area contributed by atoms with Crippen molar-refractivity contribution in [3.05, 3.63) is 39.9 Å². The summed E-state index contributed by atoms with van der Waals surface area (Å²) in [5.74, 6) is -0.602. The Labute approximate surface area is 107 Å². The molecular formula is C12H17NO5. The second-order valence-electron chi connectivity index (χ2n) is 3.24. The zero-order chi connectivity index (χ0) is 14.8. The highest BCUT2D eigenvalue weighted by Gasteiger charge is 2.13. The molecule has 0 amide bonds. The second-order valence-corrected chi connectivity index (χ2v) is 3.24. The number of ether oxygens (including phenoxy) is 1. The molecule has 0 saturated carbocycles. The fourth-order valence-corrected chi connectivity index (χ4v) is 1.36. The zero-order valence-electron chi connectivity index (χ0n) is 11.3. The van der Waals surface area contributed by atoms with E-state index in [-0.39, 0.29) is 5.69 Å². The summed E-state index contributed by atoms with van der Waals surface area (Å²) in [4.78, 5) is 21.0. The van der Waals surface area contributed by atoms with Gasteiger partial charge in [-0.3, -0.25) is 14.9 Å². The smallest absolute Gasteiger partial charge is 0.303 e. The molecular weight excluding hydrogens is 238 g/mol. The summed E-state index contributed by atoms with van der Waals surface area (Å²) in [5.41, 5.74) is 0.690. The van der Waals surface area contributed by atoms with Gasteiger partial charge in [-0.25, -0.2) is 0 Å². The number of non-ortho nitro benzene ring substituents is 1. The van der Waals surface area contributed by atoms with Gasteiger partial charge in [-0.05, 0) is 24.1 Å². The van der Waals surface area contributed by atoms with Gasteiger partial charge < -0.3 is 9.84 Å². The third-order valence-electron chi connectivity index (χ3n) is 2.12. The third-order valence-corrected chi connectivity index (χ3v) is 2.12. The first-order chi connectivity index (χ1) is 9.08. The Morgan fingerprint density at radius 1 is 1.50 bits per heavy atom. The fourth-order valence-electron chi connectivity index (χ4n) is 1.36. The molecule has 1 N–H and O–H groups in total. The minimum Gasteiger partial charge on any atom is -0.458 e. The Hall–Kier alpha value is -1.95. The van der Waals surface area contributed by atoms with Gasteiger partial charge in [0, 0.05) is 27.5 Å². The van der Waals surface area contributed by atoms with E-state index < -0.39 is 23.9 Å². The summed E-state index contributed by atoms with van der Waals surface area (Å²) in [5, 5.41) is 17.5. The van der Waals surface area contributed by atoms with Crippen LogP contribution in [0.1, 0.15) is 33.3 Å². The molecule has 0 fully saturated rings. The quantitative estimate of drug-likeness (QED) is 0.506. The normalized spacial score (nSPS) is 11.6. The summed E-state index contributed by atoms with van der Waals surface area (Å²) < 4.78 is 11.9. The first-order valence-electron chi connectivity index (χ1n) is 5.97. The van der Waals surface area contributed by atoms with E-state index in [4.69, 9.17) is 11.2 Å². The molecule has 1 atom stereocenters. The van der Waals surface area contributed by atoms with Crippen LogP contribution in [0.15, 0.2) is 24.3 Å². The van der Waals surface area contributed by atoms with Crippen LogP contribution in [0.3, 0.4) is 0 Å². The zero-order valence-corrected chi connectivity index (χ0v) is 10.3. The molecule has 18 heavy (non-hydrogen) atoms. The van der Waals surface area contributed by atoms with E-state index in [1.807, 2.05) is 6.92 Å². The van der Waals surface area contributed by atoms with Crippen molar-refractivity contribution in [3.63, 3.8) is 0 Å². The molecule has 6 heteroatoms. The molecule has 1 rings (SSSR count). The van der Waals surface area contributed by atoms with E-state index >= 15 is 0 Å². The molecule has 0 aliphatic rings. The van der Waals surface area contributed by atoms with E-state index in [9.17, 15) is 14.9 Å². The predicted molar refractivity (Wildman–Crippen MR) is 66.0 cm³/mol. The average molecular weight is 256 g/mol. The predicted octanol–water partition coefficient (Wildman–Crippen LogP) is 2.22. The molecule has 6 nitrogen and oxygen atoms in total. The van der Waals surface area contributed by atoms with Crippen molar-refractivity contribution in [1.29, 1.82) is 0 Å². The molecule has 0 saturated heterocycles. The van der Waals surface area contributed by atoms with Crippen LogP contribution in [0, 0.1) is 10.1 Å². The minimum atomic E-state index is -0.602. The molecule has 0 bridgehead atoms. The van der Waals surface area contributed by atoms with Gasteiger partial charge in [0.15, 0.2) is 0 Å². The number of rotatable bonds is 4. The Balaban J connectivity index is 0.00000154. The molecule has 1 aromatic carbocycles. The van der Waals surface area contributed by atoms with E-state index in [0.717, 1.165) is 7.11 Å². The van der Waals surface area contributed by atoms with Crippen LogP contribution in [0.2, 0.25) is 0 Å². The number of aliphatic hydroxyl groups excluding tert-OH is 1. The number of hydrogen-bond donors (Lipinski definition) is 1. The molecule has 0 aliphatic heterocycles. The van der Waals surface area contributed by atoms with Crippen molar-refractivity contribution in [2.45, 2.75) is 26.3 Å². The van der Waals surface area contributed by atoms with Gasteiger partial charge in [-0.2, -0.15) is 0 Å². The number of nitrogens with zero attached hydrogens (tertiary/aromatic N) is 1. The number of nitro benzene ring substituents is 1. The van der Waals surface area contributed by atoms with Crippen LogP contribution in [0.25, 0.3) is 0 Å². The molecule has 0 spiro atoms. The minimum absolute atomic E-state index is 0.00424. The highest BCUT2D eigenvalue weighted by molar-refractivity contribution is 5.66. The lowest BCUT2D eigenvalue weighted by Crippen LogP contribution is -2.07. The van der Waals surface area contributed by atoms with Crippen molar-refractivity contribution in [3.8, 4) is 0 Å². The van der Waals surface area contributed by atoms with Gasteiger partial charge in [-0.1, -0.05) is 6.92 Å². The van der Waals surface area contributed by atoms with Crippen molar-refractivity contribution < 1.29 is 20.9 Å². The summed E-state index contributed by atoms with van der Waals surface area (Å²) in [6.45, 7) is 1.41. The number of esters is 1. The van der Waals surface area contributed by atoms with Crippen LogP contribution < -0.4 is 0 Å². The average Bonchev–Trinajstić information content (AvgIpc) is 2.46. The Bertz CT molecular complexity index is 407. The first kappa shape index (κ1) is 14.1. The van der Waals surface area contributed by atoms with Gasteiger partial charge in [-0.15, -0.1) is 0 Å². The monoisotopic (exact) mass is 256 g/mol. The summed E-state index contributed by atoms with van der Waals surface area (Å²) in [7, 11) is 1.00. The molecule has 0 heterocycles. The fraction of sp³-hybridized carbons (Fsp3) is 0.417. The van der Waals surface area contributed by atoms with E-state index in [2.05, 4.69) is 0 Å². The number of hydrogen-bond acceptors (Lipinski definition) is 5. The highest BCUT2D eigenvalue weighted by Crippen LogP contribution is 2.23. The Morgan fingerprint density at radius 3 is 2.44 bits per heavy atom. The number of benzene rings is 1. The molecule has 100 valence electrons. The summed E-state index contributed by atoms with van der Waals surface area (Å²) >= 11 is 0. The van der Waals surface area contributed by atoms with Crippen LogP contribution in [0.5, 0.6) is 0 Å². The molecule has 1 unspecified atom stereocenters. The van der Waals surface area contributed by atoms with Crippen molar-refractivity contribution in [1.82, 2.24) is 0 Å². The number of carbonyl (C=O) groups excluding carboxylic acids is 1. The van der Waals surface area contributed by atoms with Crippen LogP contribution >= 0.6 is 0 Å². The SMILES string of the molecule is CO.[2H]CC(=O)OC(CC)c1ccc([N+](=O)[O-])cc1. The maximum atomic E-state index is 11.0. The van der Waals surface area contributed by atoms with E-state index in [0.29, 0.717) is 12.0 Å². The van der Waals surface area contributed by atoms with Gasteiger partial charge in [0.25, 0.3) is 5.69 Å².